The van der Waals surface area contributed by atoms with Crippen molar-refractivity contribution in [1.82, 2.24) is 15.2 Å². The first-order chi connectivity index (χ1) is 9.08. The molecule has 1 aromatic heterocycles. The van der Waals surface area contributed by atoms with Gasteiger partial charge >= 0.3 is 0 Å². The Bertz CT molecular complexity index is 577. The first-order valence-electron chi connectivity index (χ1n) is 6.28. The van der Waals surface area contributed by atoms with E-state index in [1.165, 1.54) is 0 Å². The zero-order valence-electron chi connectivity index (χ0n) is 11.2. The number of nitrogens with one attached hydrogen (secondary N) is 2. The molecule has 0 atom stereocenters. The summed E-state index contributed by atoms with van der Waals surface area (Å²) in [5.74, 6) is -0.0916. The third-order valence-electron chi connectivity index (χ3n) is 2.92. The van der Waals surface area contributed by atoms with Gasteiger partial charge in [-0.1, -0.05) is 23.7 Å². The first kappa shape index (κ1) is 13.9. The number of nitrogens with zero attached hydrogens (tertiary/aromatic N) is 1. The van der Waals surface area contributed by atoms with Gasteiger partial charge in [-0.2, -0.15) is 0 Å². The van der Waals surface area contributed by atoms with Gasteiger partial charge in [0.05, 0.1) is 10.5 Å². The molecule has 2 rings (SSSR count). The van der Waals surface area contributed by atoms with Gasteiger partial charge in [0.1, 0.15) is 5.69 Å². The van der Waals surface area contributed by atoms with E-state index >= 15 is 0 Å². The van der Waals surface area contributed by atoms with E-state index in [0.29, 0.717) is 17.3 Å². The van der Waals surface area contributed by atoms with Crippen LogP contribution in [0.3, 0.4) is 0 Å². The van der Waals surface area contributed by atoms with E-state index in [9.17, 15) is 4.79 Å². The average Bonchev–Trinajstić information content (AvgIpc) is 2.79. The van der Waals surface area contributed by atoms with Crippen molar-refractivity contribution in [3.63, 3.8) is 0 Å². The van der Waals surface area contributed by atoms with Crippen LogP contribution in [-0.2, 0) is 0 Å². The van der Waals surface area contributed by atoms with Crippen molar-refractivity contribution in [2.45, 2.75) is 6.42 Å². The lowest BCUT2D eigenvalue weighted by Crippen LogP contribution is -2.27. The molecule has 2 N–H and O–H groups in total. The van der Waals surface area contributed by atoms with E-state index < -0.39 is 0 Å². The molecule has 0 aliphatic heterocycles. The fourth-order valence-electron chi connectivity index (χ4n) is 1.93. The van der Waals surface area contributed by atoms with E-state index in [4.69, 9.17) is 11.6 Å². The second-order valence-corrected chi connectivity index (χ2v) is 5.21. The molecule has 0 unspecified atom stereocenters. The largest absolute Gasteiger partial charge is 0.351 e. The molecule has 19 heavy (non-hydrogen) atoms. The Hall–Kier alpha value is -1.52. The molecule has 1 aromatic carbocycles. The number of carbonyl (C=O) groups is 1. The molecule has 4 nitrogen and oxygen atoms in total. The van der Waals surface area contributed by atoms with Crippen LogP contribution in [-0.4, -0.2) is 43.0 Å². The molecule has 1 amide bonds. The van der Waals surface area contributed by atoms with Gasteiger partial charge < -0.3 is 15.2 Å². The van der Waals surface area contributed by atoms with Crippen molar-refractivity contribution in [3.05, 3.63) is 35.0 Å². The van der Waals surface area contributed by atoms with E-state index in [1.807, 2.05) is 32.3 Å². The van der Waals surface area contributed by atoms with Crippen molar-refractivity contribution >= 4 is 28.4 Å². The molecule has 5 heteroatoms. The van der Waals surface area contributed by atoms with Gasteiger partial charge in [-0.15, -0.1) is 0 Å². The molecule has 0 bridgehead atoms. The van der Waals surface area contributed by atoms with Crippen LogP contribution in [0, 0.1) is 0 Å². The van der Waals surface area contributed by atoms with E-state index in [-0.39, 0.29) is 5.91 Å². The summed E-state index contributed by atoms with van der Waals surface area (Å²) in [6.07, 6.45) is 0.930. The van der Waals surface area contributed by atoms with Crippen LogP contribution in [0.15, 0.2) is 24.3 Å². The smallest absolute Gasteiger partial charge is 0.267 e. The summed E-state index contributed by atoms with van der Waals surface area (Å²) in [5, 5.41) is 4.47. The molecule has 0 spiro atoms. The zero-order valence-corrected chi connectivity index (χ0v) is 11.9. The van der Waals surface area contributed by atoms with Crippen molar-refractivity contribution in [1.29, 1.82) is 0 Å². The number of para-hydroxylation sites is 1. The van der Waals surface area contributed by atoms with Gasteiger partial charge in [-0.05, 0) is 39.2 Å². The number of aromatic amines is 1. The van der Waals surface area contributed by atoms with Crippen molar-refractivity contribution in [2.24, 2.45) is 0 Å². The highest BCUT2D eigenvalue weighted by Gasteiger charge is 2.10. The normalized spacial score (nSPS) is 11.2. The number of H-pyrrole nitrogens is 1. The van der Waals surface area contributed by atoms with Crippen LogP contribution < -0.4 is 5.32 Å². The summed E-state index contributed by atoms with van der Waals surface area (Å²) in [7, 11) is 4.03. The first-order valence-corrected chi connectivity index (χ1v) is 6.66. The Morgan fingerprint density at radius 3 is 2.89 bits per heavy atom. The molecule has 0 saturated heterocycles. The van der Waals surface area contributed by atoms with Gasteiger partial charge in [0.2, 0.25) is 0 Å². The number of fused-ring (bicyclic) bond motifs is 1. The minimum absolute atomic E-state index is 0.0916. The standard InChI is InChI=1S/C14H18ClN3O/c1-18(2)8-4-7-16-14(19)12-9-10-5-3-6-11(15)13(10)17-12/h3,5-6,9,17H,4,7-8H2,1-2H3,(H,16,19). The number of carbonyl (C=O) groups excluding carboxylic acids is 1. The quantitative estimate of drug-likeness (QED) is 0.826. The van der Waals surface area contributed by atoms with Gasteiger partial charge in [-0.3, -0.25) is 4.79 Å². The monoisotopic (exact) mass is 279 g/mol. The molecular formula is C14H18ClN3O. The minimum Gasteiger partial charge on any atom is -0.351 e. The third kappa shape index (κ3) is 3.49. The van der Waals surface area contributed by atoms with E-state index in [1.54, 1.807) is 6.07 Å². The van der Waals surface area contributed by atoms with Crippen LogP contribution in [0.5, 0.6) is 0 Å². The summed E-state index contributed by atoms with van der Waals surface area (Å²) in [4.78, 5) is 17.1. The zero-order chi connectivity index (χ0) is 13.8. The predicted molar refractivity (Wildman–Crippen MR) is 78.8 cm³/mol. The predicted octanol–water partition coefficient (Wildman–Crippen LogP) is 2.50. The molecule has 0 saturated carbocycles. The van der Waals surface area contributed by atoms with Gasteiger partial charge in [0, 0.05) is 11.9 Å². The number of hydrogen-bond acceptors (Lipinski definition) is 2. The average molecular weight is 280 g/mol. The highest BCUT2D eigenvalue weighted by atomic mass is 35.5. The van der Waals surface area contributed by atoms with Gasteiger partial charge in [0.15, 0.2) is 0 Å². The molecule has 102 valence electrons. The Morgan fingerprint density at radius 2 is 2.21 bits per heavy atom. The van der Waals surface area contributed by atoms with Crippen LogP contribution in [0.25, 0.3) is 10.9 Å². The Balaban J connectivity index is 2.00. The van der Waals surface area contributed by atoms with Crippen molar-refractivity contribution in [2.75, 3.05) is 27.2 Å². The highest BCUT2D eigenvalue weighted by Crippen LogP contribution is 2.23. The van der Waals surface area contributed by atoms with Crippen LogP contribution in [0.1, 0.15) is 16.9 Å². The molecule has 0 aliphatic carbocycles. The maximum Gasteiger partial charge on any atom is 0.267 e. The summed E-state index contributed by atoms with van der Waals surface area (Å²) < 4.78 is 0. The fourth-order valence-corrected chi connectivity index (χ4v) is 2.16. The van der Waals surface area contributed by atoms with Crippen molar-refractivity contribution < 1.29 is 4.79 Å². The lowest BCUT2D eigenvalue weighted by molar-refractivity contribution is 0.0948. The second-order valence-electron chi connectivity index (χ2n) is 4.80. The minimum atomic E-state index is -0.0916. The fraction of sp³-hybridized carbons (Fsp3) is 0.357. The number of aromatic nitrogens is 1. The van der Waals surface area contributed by atoms with Crippen LogP contribution in [0.4, 0.5) is 0 Å². The van der Waals surface area contributed by atoms with E-state index in [0.717, 1.165) is 23.9 Å². The molecule has 0 radical (unpaired) electrons. The summed E-state index contributed by atoms with van der Waals surface area (Å²) in [6.45, 7) is 1.62. The molecule has 1 heterocycles. The Kier molecular flexibility index (Phi) is 4.45. The van der Waals surface area contributed by atoms with Gasteiger partial charge in [0.25, 0.3) is 5.91 Å². The summed E-state index contributed by atoms with van der Waals surface area (Å²) in [5.41, 5.74) is 1.36. The number of benzene rings is 1. The lowest BCUT2D eigenvalue weighted by atomic mass is 10.2. The Labute approximate surface area is 117 Å². The lowest BCUT2D eigenvalue weighted by Gasteiger charge is -2.09. The number of rotatable bonds is 5. The maximum atomic E-state index is 12.0. The molecule has 2 aromatic rings. The number of hydrogen-bond donors (Lipinski definition) is 2. The highest BCUT2D eigenvalue weighted by molar-refractivity contribution is 6.35. The number of halogens is 1. The molecule has 0 fully saturated rings. The van der Waals surface area contributed by atoms with Gasteiger partial charge in [-0.25, -0.2) is 0 Å². The molecular weight excluding hydrogens is 262 g/mol. The number of amides is 1. The summed E-state index contributed by atoms with van der Waals surface area (Å²) >= 11 is 6.07. The second kappa shape index (κ2) is 6.08. The summed E-state index contributed by atoms with van der Waals surface area (Å²) in [6, 6.07) is 7.43. The SMILES string of the molecule is CN(C)CCCNC(=O)c1cc2cccc(Cl)c2[nH]1. The third-order valence-corrected chi connectivity index (χ3v) is 3.23. The maximum absolute atomic E-state index is 12.0. The van der Waals surface area contributed by atoms with E-state index in [2.05, 4.69) is 15.2 Å². The Morgan fingerprint density at radius 1 is 1.42 bits per heavy atom. The van der Waals surface area contributed by atoms with Crippen LogP contribution >= 0.6 is 11.6 Å². The topological polar surface area (TPSA) is 48.1 Å². The van der Waals surface area contributed by atoms with Crippen LogP contribution in [0.2, 0.25) is 5.02 Å². The molecule has 0 aliphatic rings. The van der Waals surface area contributed by atoms with Crippen molar-refractivity contribution in [3.8, 4) is 0 Å².